The van der Waals surface area contributed by atoms with Crippen LogP contribution in [0.5, 0.6) is 0 Å². The van der Waals surface area contributed by atoms with Gasteiger partial charge in [0.15, 0.2) is 0 Å². The molecular formula is C17H22N2OS. The van der Waals surface area contributed by atoms with Crippen LogP contribution in [0.4, 0.5) is 0 Å². The van der Waals surface area contributed by atoms with Gasteiger partial charge in [-0.1, -0.05) is 43.7 Å². The summed E-state index contributed by atoms with van der Waals surface area (Å²) in [5.74, 6) is 0.531. The van der Waals surface area contributed by atoms with Crippen molar-refractivity contribution in [2.24, 2.45) is 0 Å². The number of aryl methyl sites for hydroxylation is 2. The summed E-state index contributed by atoms with van der Waals surface area (Å²) in [6.45, 7) is 6.91. The lowest BCUT2D eigenvalue weighted by atomic mass is 10.1. The minimum atomic E-state index is 0.0813. The van der Waals surface area contributed by atoms with Crippen LogP contribution in [0.2, 0.25) is 0 Å². The third kappa shape index (κ3) is 4.97. The van der Waals surface area contributed by atoms with E-state index in [1.54, 1.807) is 11.3 Å². The van der Waals surface area contributed by atoms with Crippen LogP contribution < -0.4 is 5.32 Å². The Balaban J connectivity index is 1.76. The lowest BCUT2D eigenvalue weighted by molar-refractivity contribution is -0.121. The van der Waals surface area contributed by atoms with Gasteiger partial charge >= 0.3 is 0 Å². The van der Waals surface area contributed by atoms with Gasteiger partial charge in [-0.05, 0) is 18.4 Å². The largest absolute Gasteiger partial charge is 0.352 e. The van der Waals surface area contributed by atoms with Crippen LogP contribution in [-0.2, 0) is 17.8 Å². The summed E-state index contributed by atoms with van der Waals surface area (Å²) in [6, 6.07) is 8.19. The maximum Gasteiger partial charge on any atom is 0.220 e. The first-order chi connectivity index (χ1) is 10.0. The minimum absolute atomic E-state index is 0.0813. The number of nitrogens with one attached hydrogen (secondary N) is 1. The summed E-state index contributed by atoms with van der Waals surface area (Å²) in [6.07, 6.45) is 1.22. The number of nitrogens with zero attached hydrogens (tertiary/aromatic N) is 1. The minimum Gasteiger partial charge on any atom is -0.352 e. The highest BCUT2D eigenvalue weighted by Gasteiger charge is 2.08. The molecule has 0 spiro atoms. The van der Waals surface area contributed by atoms with Crippen LogP contribution in [0, 0.1) is 6.92 Å². The number of aromatic nitrogens is 1. The third-order valence-corrected chi connectivity index (χ3v) is 4.23. The summed E-state index contributed by atoms with van der Waals surface area (Å²) >= 11 is 1.65. The zero-order valence-electron chi connectivity index (χ0n) is 12.8. The van der Waals surface area contributed by atoms with Gasteiger partial charge < -0.3 is 5.32 Å². The van der Waals surface area contributed by atoms with Crippen molar-refractivity contribution < 1.29 is 4.79 Å². The maximum atomic E-state index is 11.9. The molecule has 0 atom stereocenters. The van der Waals surface area contributed by atoms with E-state index in [4.69, 9.17) is 0 Å². The Morgan fingerprint density at radius 3 is 2.86 bits per heavy atom. The Kier molecular flexibility index (Phi) is 5.51. The van der Waals surface area contributed by atoms with E-state index in [1.165, 1.54) is 5.56 Å². The average Bonchev–Trinajstić information content (AvgIpc) is 2.92. The molecule has 1 heterocycles. The van der Waals surface area contributed by atoms with Crippen molar-refractivity contribution >= 4 is 17.2 Å². The van der Waals surface area contributed by atoms with Crippen LogP contribution in [-0.4, -0.2) is 10.9 Å². The zero-order valence-corrected chi connectivity index (χ0v) is 13.7. The molecule has 0 saturated heterocycles. The predicted octanol–water partition coefficient (Wildman–Crippen LogP) is 3.82. The first kappa shape index (κ1) is 15.7. The molecule has 112 valence electrons. The molecule has 0 unspecified atom stereocenters. The molecule has 1 aromatic heterocycles. The van der Waals surface area contributed by atoms with Gasteiger partial charge in [-0.25, -0.2) is 4.98 Å². The summed E-state index contributed by atoms with van der Waals surface area (Å²) in [4.78, 5) is 16.4. The Bertz CT molecular complexity index is 604. The molecular weight excluding hydrogens is 280 g/mol. The molecule has 0 bridgehead atoms. The van der Waals surface area contributed by atoms with Gasteiger partial charge in [-0.3, -0.25) is 4.79 Å². The lowest BCUT2D eigenvalue weighted by Crippen LogP contribution is -2.23. The van der Waals surface area contributed by atoms with Crippen molar-refractivity contribution in [1.29, 1.82) is 0 Å². The predicted molar refractivity (Wildman–Crippen MR) is 87.5 cm³/mol. The van der Waals surface area contributed by atoms with Crippen molar-refractivity contribution in [3.8, 4) is 0 Å². The van der Waals surface area contributed by atoms with Gasteiger partial charge in [0.2, 0.25) is 5.91 Å². The van der Waals surface area contributed by atoms with E-state index in [0.717, 1.165) is 22.7 Å². The quantitative estimate of drug-likeness (QED) is 0.881. The number of hydrogen-bond acceptors (Lipinski definition) is 3. The average molecular weight is 302 g/mol. The second-order valence-corrected chi connectivity index (χ2v) is 6.53. The first-order valence-corrected chi connectivity index (χ1v) is 8.19. The van der Waals surface area contributed by atoms with E-state index >= 15 is 0 Å². The molecule has 1 N–H and O–H groups in total. The number of amides is 1. The van der Waals surface area contributed by atoms with Gasteiger partial charge in [0, 0.05) is 24.8 Å². The summed E-state index contributed by atoms with van der Waals surface area (Å²) in [7, 11) is 0. The van der Waals surface area contributed by atoms with E-state index in [9.17, 15) is 4.79 Å². The molecule has 21 heavy (non-hydrogen) atoms. The fraction of sp³-hybridized carbons (Fsp3) is 0.412. The topological polar surface area (TPSA) is 42.0 Å². The maximum absolute atomic E-state index is 11.9. The Labute approximate surface area is 130 Å². The monoisotopic (exact) mass is 302 g/mol. The smallest absolute Gasteiger partial charge is 0.220 e. The van der Waals surface area contributed by atoms with Crippen LogP contribution in [0.25, 0.3) is 0 Å². The molecule has 0 fully saturated rings. The van der Waals surface area contributed by atoms with Gasteiger partial charge in [0.05, 0.1) is 10.7 Å². The highest BCUT2D eigenvalue weighted by atomic mass is 32.1. The number of rotatable bonds is 6. The van der Waals surface area contributed by atoms with Crippen LogP contribution >= 0.6 is 11.3 Å². The normalized spacial score (nSPS) is 10.9. The second-order valence-electron chi connectivity index (χ2n) is 5.59. The third-order valence-electron chi connectivity index (χ3n) is 3.30. The molecule has 2 rings (SSSR count). The molecule has 3 nitrogen and oxygen atoms in total. The van der Waals surface area contributed by atoms with E-state index in [-0.39, 0.29) is 5.91 Å². The van der Waals surface area contributed by atoms with Crippen LogP contribution in [0.1, 0.15) is 48.0 Å². The molecule has 4 heteroatoms. The lowest BCUT2D eigenvalue weighted by Gasteiger charge is -2.05. The van der Waals surface area contributed by atoms with E-state index in [1.807, 2.05) is 12.1 Å². The van der Waals surface area contributed by atoms with Crippen molar-refractivity contribution in [3.05, 3.63) is 51.5 Å². The van der Waals surface area contributed by atoms with Gasteiger partial charge in [-0.2, -0.15) is 0 Å². The molecule has 1 amide bonds. The molecule has 1 aromatic carbocycles. The standard InChI is InChI=1S/C17H22N2OS/c1-12(2)15-11-21-17(19-15)8-7-16(20)18-10-14-6-4-5-13(3)9-14/h4-6,9,11-12H,7-8,10H2,1-3H3,(H,18,20). The Hall–Kier alpha value is -1.68. The Morgan fingerprint density at radius 1 is 1.38 bits per heavy atom. The van der Waals surface area contributed by atoms with Crippen molar-refractivity contribution in [2.75, 3.05) is 0 Å². The van der Waals surface area contributed by atoms with E-state index in [0.29, 0.717) is 18.9 Å². The number of thiazole rings is 1. The molecule has 2 aromatic rings. The van der Waals surface area contributed by atoms with Crippen molar-refractivity contribution in [1.82, 2.24) is 10.3 Å². The summed E-state index contributed by atoms with van der Waals surface area (Å²) in [5, 5.41) is 6.10. The number of carbonyl (C=O) groups is 1. The molecule has 0 aliphatic carbocycles. The number of carbonyl (C=O) groups excluding carboxylic acids is 1. The molecule has 0 aliphatic rings. The molecule has 0 aliphatic heterocycles. The number of hydrogen-bond donors (Lipinski definition) is 1. The van der Waals surface area contributed by atoms with Crippen LogP contribution in [0.3, 0.4) is 0 Å². The molecule has 0 radical (unpaired) electrons. The fourth-order valence-electron chi connectivity index (χ4n) is 2.04. The van der Waals surface area contributed by atoms with Gasteiger partial charge in [0.1, 0.15) is 0 Å². The van der Waals surface area contributed by atoms with Crippen LogP contribution in [0.15, 0.2) is 29.6 Å². The first-order valence-electron chi connectivity index (χ1n) is 7.31. The summed E-state index contributed by atoms with van der Waals surface area (Å²) < 4.78 is 0. The van der Waals surface area contributed by atoms with E-state index < -0.39 is 0 Å². The van der Waals surface area contributed by atoms with E-state index in [2.05, 4.69) is 48.6 Å². The highest BCUT2D eigenvalue weighted by Crippen LogP contribution is 2.18. The zero-order chi connectivity index (χ0) is 15.2. The fourth-order valence-corrected chi connectivity index (χ4v) is 3.00. The van der Waals surface area contributed by atoms with Crippen molar-refractivity contribution in [2.45, 2.75) is 46.1 Å². The Morgan fingerprint density at radius 2 is 2.19 bits per heavy atom. The second kappa shape index (κ2) is 7.36. The van der Waals surface area contributed by atoms with Crippen molar-refractivity contribution in [3.63, 3.8) is 0 Å². The van der Waals surface area contributed by atoms with Gasteiger partial charge in [0.25, 0.3) is 0 Å². The van der Waals surface area contributed by atoms with Gasteiger partial charge in [-0.15, -0.1) is 11.3 Å². The molecule has 0 saturated carbocycles. The summed E-state index contributed by atoms with van der Waals surface area (Å²) in [5.41, 5.74) is 3.47. The highest BCUT2D eigenvalue weighted by molar-refractivity contribution is 7.09. The number of benzene rings is 1. The SMILES string of the molecule is Cc1cccc(CNC(=O)CCc2nc(C(C)C)cs2)c1.